The minimum atomic E-state index is -0.912. The Kier molecular flexibility index (Phi) is 2.45. The summed E-state index contributed by atoms with van der Waals surface area (Å²) in [5.74, 6) is -1.60. The molecule has 6 heterocycles. The average molecular weight is 304 g/mol. The van der Waals surface area contributed by atoms with Gasteiger partial charge in [0.25, 0.3) is 0 Å². The van der Waals surface area contributed by atoms with Crippen LogP contribution in [0.5, 0.6) is 0 Å². The number of hydrogen-bond acceptors (Lipinski definition) is 4. The summed E-state index contributed by atoms with van der Waals surface area (Å²) < 4.78 is 5.96. The molecule has 6 rings (SSSR count). The van der Waals surface area contributed by atoms with Gasteiger partial charge in [0.15, 0.2) is 0 Å². The third-order valence-electron chi connectivity index (χ3n) is 6.44. The third-order valence-corrected chi connectivity index (χ3v) is 6.44. The number of aliphatic carboxylic acids is 1. The van der Waals surface area contributed by atoms with Gasteiger partial charge in [-0.25, -0.2) is 0 Å². The van der Waals surface area contributed by atoms with E-state index in [1.165, 1.54) is 0 Å². The van der Waals surface area contributed by atoms with E-state index in [1.807, 2.05) is 17.1 Å². The molecule has 0 radical (unpaired) electrons. The Bertz CT molecular complexity index is 583. The van der Waals surface area contributed by atoms with E-state index >= 15 is 0 Å². The van der Waals surface area contributed by atoms with Crippen molar-refractivity contribution in [2.75, 3.05) is 26.2 Å². The maximum absolute atomic E-state index is 13.0. The third kappa shape index (κ3) is 1.47. The van der Waals surface area contributed by atoms with E-state index in [9.17, 15) is 14.7 Å². The predicted octanol–water partition coefficient (Wildman–Crippen LogP) is -0.0528. The molecule has 4 bridgehead atoms. The molecular formula is C16H20N2O4. The molecule has 0 saturated carbocycles. The lowest BCUT2D eigenvalue weighted by Gasteiger charge is -2.48. The van der Waals surface area contributed by atoms with Crippen LogP contribution < -0.4 is 0 Å². The standard InChI is InChI=1S/C16H20N2O4/c19-14-13-12(15(20)21)11-1-4-16(13,22-11)8-18(14)10-7-17-5-2-9(10)3-6-17/h1,4,9-13H,2-3,5-8H2,(H,20,21)/t10-,11+,12-,13+,16-/m1/s1. The minimum absolute atomic E-state index is 0.00185. The molecular weight excluding hydrogens is 284 g/mol. The van der Waals surface area contributed by atoms with E-state index in [0.29, 0.717) is 12.5 Å². The summed E-state index contributed by atoms with van der Waals surface area (Å²) in [6, 6.07) is 0.237. The molecule has 1 amide bonds. The summed E-state index contributed by atoms with van der Waals surface area (Å²) in [7, 11) is 0. The quantitative estimate of drug-likeness (QED) is 0.724. The van der Waals surface area contributed by atoms with E-state index in [4.69, 9.17) is 4.74 Å². The number of nitrogens with zero attached hydrogens (tertiary/aromatic N) is 2. The van der Waals surface area contributed by atoms with Gasteiger partial charge in [0.05, 0.1) is 18.6 Å². The Morgan fingerprint density at radius 3 is 2.77 bits per heavy atom. The maximum Gasteiger partial charge on any atom is 0.310 e. The molecule has 0 aromatic heterocycles. The van der Waals surface area contributed by atoms with Crippen molar-refractivity contribution < 1.29 is 19.4 Å². The number of fused-ring (bicyclic) bond motifs is 4. The number of carboxylic acids is 1. The number of carbonyl (C=O) groups excluding carboxylic acids is 1. The van der Waals surface area contributed by atoms with Gasteiger partial charge in [-0.15, -0.1) is 0 Å². The number of likely N-dealkylation sites (tertiary alicyclic amines) is 1. The zero-order chi connectivity index (χ0) is 15.1. The number of carbonyl (C=O) groups is 2. The van der Waals surface area contributed by atoms with Crippen LogP contribution in [0.2, 0.25) is 0 Å². The van der Waals surface area contributed by atoms with Gasteiger partial charge in [-0.1, -0.05) is 12.2 Å². The van der Waals surface area contributed by atoms with Gasteiger partial charge in [0.2, 0.25) is 5.91 Å². The smallest absolute Gasteiger partial charge is 0.310 e. The number of hydrogen-bond donors (Lipinski definition) is 1. The van der Waals surface area contributed by atoms with Crippen molar-refractivity contribution in [3.05, 3.63) is 12.2 Å². The van der Waals surface area contributed by atoms with E-state index in [-0.39, 0.29) is 11.9 Å². The van der Waals surface area contributed by atoms with Gasteiger partial charge in [-0.3, -0.25) is 9.59 Å². The summed E-state index contributed by atoms with van der Waals surface area (Å²) in [6.07, 6.45) is 5.64. The molecule has 6 aliphatic rings. The largest absolute Gasteiger partial charge is 0.481 e. The van der Waals surface area contributed by atoms with Gasteiger partial charge in [-0.2, -0.15) is 0 Å². The topological polar surface area (TPSA) is 70.1 Å². The second kappa shape index (κ2) is 4.11. The average Bonchev–Trinajstić information content (AvgIpc) is 3.16. The Hall–Kier alpha value is -1.40. The Balaban J connectivity index is 1.48. The van der Waals surface area contributed by atoms with Crippen LogP contribution >= 0.6 is 0 Å². The monoisotopic (exact) mass is 304 g/mol. The zero-order valence-electron chi connectivity index (χ0n) is 12.4. The van der Waals surface area contributed by atoms with Crippen molar-refractivity contribution >= 4 is 11.9 Å². The molecule has 6 aliphatic heterocycles. The summed E-state index contributed by atoms with van der Waals surface area (Å²) >= 11 is 0. The fourth-order valence-corrected chi connectivity index (χ4v) is 5.38. The van der Waals surface area contributed by atoms with Crippen molar-refractivity contribution in [3.8, 4) is 0 Å². The molecule has 5 saturated heterocycles. The molecule has 0 aliphatic carbocycles. The molecule has 22 heavy (non-hydrogen) atoms. The number of carboxylic acid groups (broad SMARTS) is 1. The lowest BCUT2D eigenvalue weighted by Crippen LogP contribution is -2.58. The van der Waals surface area contributed by atoms with Crippen LogP contribution in [-0.2, 0) is 14.3 Å². The summed E-state index contributed by atoms with van der Waals surface area (Å²) in [4.78, 5) is 29.0. The normalized spacial score (nSPS) is 51.6. The lowest BCUT2D eigenvalue weighted by molar-refractivity contribution is -0.149. The van der Waals surface area contributed by atoms with Crippen LogP contribution in [0.3, 0.4) is 0 Å². The highest BCUT2D eigenvalue weighted by molar-refractivity contribution is 5.91. The van der Waals surface area contributed by atoms with Gasteiger partial charge >= 0.3 is 5.97 Å². The minimum Gasteiger partial charge on any atom is -0.481 e. The van der Waals surface area contributed by atoms with Crippen LogP contribution in [-0.4, -0.2) is 70.7 Å². The first-order valence-corrected chi connectivity index (χ1v) is 8.22. The van der Waals surface area contributed by atoms with Crippen LogP contribution in [0.1, 0.15) is 12.8 Å². The second-order valence-electron chi connectivity index (χ2n) is 7.41. The van der Waals surface area contributed by atoms with Gasteiger partial charge in [0.1, 0.15) is 11.5 Å². The van der Waals surface area contributed by atoms with E-state index < -0.39 is 29.5 Å². The fraction of sp³-hybridized carbons (Fsp3) is 0.750. The highest BCUT2D eigenvalue weighted by Crippen LogP contribution is 2.53. The van der Waals surface area contributed by atoms with Crippen LogP contribution in [0, 0.1) is 17.8 Å². The summed E-state index contributed by atoms with van der Waals surface area (Å²) in [5.41, 5.74) is -0.684. The van der Waals surface area contributed by atoms with Crippen molar-refractivity contribution in [1.29, 1.82) is 0 Å². The number of rotatable bonds is 2. The first-order valence-electron chi connectivity index (χ1n) is 8.22. The molecule has 5 atom stereocenters. The predicted molar refractivity (Wildman–Crippen MR) is 76.0 cm³/mol. The Labute approximate surface area is 128 Å². The fourth-order valence-electron chi connectivity index (χ4n) is 5.38. The second-order valence-corrected chi connectivity index (χ2v) is 7.41. The van der Waals surface area contributed by atoms with Gasteiger partial charge in [0, 0.05) is 12.6 Å². The van der Waals surface area contributed by atoms with Crippen molar-refractivity contribution in [2.24, 2.45) is 17.8 Å². The highest BCUT2D eigenvalue weighted by atomic mass is 16.5. The SMILES string of the molecule is O=C(O)[C@@H]1[C@@H]2C=C[C@]3(CN([C@@H]4CN5CCC4CC5)C(=O)[C@H]13)O2. The summed E-state index contributed by atoms with van der Waals surface area (Å²) in [6.45, 7) is 3.73. The number of piperidine rings is 3. The van der Waals surface area contributed by atoms with Crippen molar-refractivity contribution in [3.63, 3.8) is 0 Å². The maximum atomic E-state index is 13.0. The molecule has 0 unspecified atom stereocenters. The molecule has 6 heteroatoms. The van der Waals surface area contributed by atoms with Crippen molar-refractivity contribution in [1.82, 2.24) is 9.80 Å². The Morgan fingerprint density at radius 2 is 2.14 bits per heavy atom. The molecule has 118 valence electrons. The van der Waals surface area contributed by atoms with Crippen LogP contribution in [0.15, 0.2) is 12.2 Å². The Morgan fingerprint density at radius 1 is 1.36 bits per heavy atom. The van der Waals surface area contributed by atoms with E-state index in [2.05, 4.69) is 4.90 Å². The van der Waals surface area contributed by atoms with E-state index in [1.54, 1.807) is 0 Å². The highest BCUT2D eigenvalue weighted by Gasteiger charge is 2.68. The van der Waals surface area contributed by atoms with Crippen LogP contribution in [0.4, 0.5) is 0 Å². The zero-order valence-corrected chi connectivity index (χ0v) is 12.4. The molecule has 5 fully saturated rings. The molecule has 0 aromatic carbocycles. The van der Waals surface area contributed by atoms with Crippen molar-refractivity contribution in [2.45, 2.75) is 30.6 Å². The number of ether oxygens (including phenoxy) is 1. The molecule has 0 aromatic rings. The first kappa shape index (κ1) is 13.1. The molecule has 1 N–H and O–H groups in total. The van der Waals surface area contributed by atoms with Gasteiger partial charge in [-0.05, 0) is 31.8 Å². The first-order chi connectivity index (χ1) is 10.6. The summed E-state index contributed by atoms with van der Waals surface area (Å²) in [5, 5.41) is 9.51. The number of amides is 1. The van der Waals surface area contributed by atoms with Gasteiger partial charge < -0.3 is 19.6 Å². The van der Waals surface area contributed by atoms with E-state index in [0.717, 1.165) is 32.5 Å². The molecule has 1 spiro atoms. The lowest BCUT2D eigenvalue weighted by atomic mass is 9.77. The van der Waals surface area contributed by atoms with Crippen LogP contribution in [0.25, 0.3) is 0 Å². The molecule has 6 nitrogen and oxygen atoms in total.